The van der Waals surface area contributed by atoms with E-state index in [9.17, 15) is 14.3 Å². The lowest BCUT2D eigenvalue weighted by Crippen LogP contribution is -2.44. The number of halogens is 3. The zero-order chi connectivity index (χ0) is 28.0. The number of anilines is 1. The second kappa shape index (κ2) is 10.5. The van der Waals surface area contributed by atoms with Gasteiger partial charge in [-0.05, 0) is 50.1 Å². The Balaban J connectivity index is 1.13. The summed E-state index contributed by atoms with van der Waals surface area (Å²) >= 11 is 6.29. The predicted octanol–water partition coefficient (Wildman–Crippen LogP) is 7.21. The highest BCUT2D eigenvalue weighted by Crippen LogP contribution is 2.45. The molecule has 0 spiro atoms. The number of aromatic nitrogens is 2. The number of benzene rings is 2. The fraction of sp³-hybridized carbons (Fsp3) is 0.400. The molecule has 210 valence electrons. The van der Waals surface area contributed by atoms with E-state index in [0.717, 1.165) is 24.0 Å². The van der Waals surface area contributed by atoms with Gasteiger partial charge in [0.05, 0.1) is 34.9 Å². The molecule has 2 aliphatic rings. The molecule has 0 amide bonds. The Hall–Kier alpha value is -3.43. The standard InChI is InChI=1S/C30H30ClF2N3O4/c1-2-35-15-21(29(37)38)20-9-8-19(14-25(20)35)36-12-10-30(33,11-13-36)17-39-16-22-27(34-40-28(22)18-6-7-18)26-23(31)4-3-5-24(26)32/h3-5,8-9,14-15,18H,2,6-7,10-13,16-17H2,1H3,(H,37,38). The molecule has 1 aliphatic carbocycles. The van der Waals surface area contributed by atoms with E-state index in [1.165, 1.54) is 12.1 Å². The van der Waals surface area contributed by atoms with Crippen molar-refractivity contribution in [2.75, 3.05) is 24.6 Å². The number of carboxylic acids is 1. The van der Waals surface area contributed by atoms with Crippen molar-refractivity contribution in [3.63, 3.8) is 0 Å². The van der Waals surface area contributed by atoms with Crippen molar-refractivity contribution in [2.24, 2.45) is 0 Å². The van der Waals surface area contributed by atoms with Crippen molar-refractivity contribution < 1.29 is 27.9 Å². The van der Waals surface area contributed by atoms with Crippen LogP contribution in [0.25, 0.3) is 22.2 Å². The van der Waals surface area contributed by atoms with Crippen LogP contribution in [0.1, 0.15) is 60.2 Å². The van der Waals surface area contributed by atoms with Crippen molar-refractivity contribution in [3.05, 3.63) is 70.3 Å². The van der Waals surface area contributed by atoms with Gasteiger partial charge in [-0.25, -0.2) is 13.6 Å². The molecule has 40 heavy (non-hydrogen) atoms. The molecule has 0 bridgehead atoms. The third-order valence-corrected chi connectivity index (χ3v) is 8.35. The van der Waals surface area contributed by atoms with Gasteiger partial charge in [0.25, 0.3) is 0 Å². The van der Waals surface area contributed by atoms with Gasteiger partial charge in [0, 0.05) is 61.2 Å². The third kappa shape index (κ3) is 4.97. The van der Waals surface area contributed by atoms with E-state index in [1.807, 2.05) is 29.7 Å². The van der Waals surface area contributed by atoms with Crippen LogP contribution in [-0.4, -0.2) is 46.2 Å². The number of nitrogens with zero attached hydrogens (tertiary/aromatic N) is 3. The first-order valence-electron chi connectivity index (χ1n) is 13.6. The van der Waals surface area contributed by atoms with E-state index >= 15 is 4.39 Å². The van der Waals surface area contributed by atoms with E-state index in [4.69, 9.17) is 20.9 Å². The van der Waals surface area contributed by atoms with E-state index in [2.05, 4.69) is 10.1 Å². The molecule has 1 aliphatic heterocycles. The van der Waals surface area contributed by atoms with Gasteiger partial charge < -0.3 is 23.8 Å². The number of ether oxygens (including phenoxy) is 1. The highest BCUT2D eigenvalue weighted by atomic mass is 35.5. The Morgan fingerprint density at radius 1 is 1.25 bits per heavy atom. The second-order valence-electron chi connectivity index (χ2n) is 10.7. The summed E-state index contributed by atoms with van der Waals surface area (Å²) in [4.78, 5) is 13.8. The number of hydrogen-bond donors (Lipinski definition) is 1. The lowest BCUT2D eigenvalue weighted by molar-refractivity contribution is -0.00757. The third-order valence-electron chi connectivity index (χ3n) is 8.04. The minimum Gasteiger partial charge on any atom is -0.478 e. The highest BCUT2D eigenvalue weighted by molar-refractivity contribution is 6.33. The van der Waals surface area contributed by atoms with Crippen LogP contribution in [0, 0.1) is 5.82 Å². The number of piperidine rings is 1. The summed E-state index contributed by atoms with van der Waals surface area (Å²) in [6.07, 6.45) is 4.15. The molecule has 10 heteroatoms. The molecule has 1 saturated carbocycles. The maximum atomic E-state index is 15.8. The minimum atomic E-state index is -1.51. The van der Waals surface area contributed by atoms with Gasteiger partial charge in [0.1, 0.15) is 22.9 Å². The quantitative estimate of drug-likeness (QED) is 0.229. The zero-order valence-corrected chi connectivity index (χ0v) is 22.9. The Morgan fingerprint density at radius 3 is 2.70 bits per heavy atom. The van der Waals surface area contributed by atoms with Gasteiger partial charge in [0.15, 0.2) is 0 Å². The second-order valence-corrected chi connectivity index (χ2v) is 11.1. The first-order chi connectivity index (χ1) is 19.3. The van der Waals surface area contributed by atoms with Crippen LogP contribution in [0.3, 0.4) is 0 Å². The average molecular weight is 570 g/mol. The van der Waals surface area contributed by atoms with Crippen LogP contribution < -0.4 is 4.90 Å². The SMILES string of the molecule is CCn1cc(C(=O)O)c2ccc(N3CCC(F)(COCc4c(-c5c(F)cccc5Cl)noc4C4CC4)CC3)cc21. The van der Waals surface area contributed by atoms with Gasteiger partial charge >= 0.3 is 5.97 Å². The summed E-state index contributed by atoms with van der Waals surface area (Å²) in [5.74, 6) is -0.576. The molecular weight excluding hydrogens is 540 g/mol. The fourth-order valence-corrected chi connectivity index (χ4v) is 5.86. The maximum Gasteiger partial charge on any atom is 0.337 e. The topological polar surface area (TPSA) is 80.7 Å². The summed E-state index contributed by atoms with van der Waals surface area (Å²) in [6, 6.07) is 10.2. The van der Waals surface area contributed by atoms with Crippen LogP contribution in [-0.2, 0) is 17.9 Å². The van der Waals surface area contributed by atoms with Gasteiger partial charge in [-0.3, -0.25) is 0 Å². The highest BCUT2D eigenvalue weighted by Gasteiger charge is 2.37. The number of aryl methyl sites for hydroxylation is 1. The summed E-state index contributed by atoms with van der Waals surface area (Å²) in [5, 5.41) is 14.6. The fourth-order valence-electron chi connectivity index (χ4n) is 5.60. The smallest absolute Gasteiger partial charge is 0.337 e. The summed E-state index contributed by atoms with van der Waals surface area (Å²) in [6.45, 7) is 3.58. The average Bonchev–Trinajstić information content (AvgIpc) is 3.59. The van der Waals surface area contributed by atoms with Gasteiger partial charge in [-0.2, -0.15) is 0 Å². The van der Waals surface area contributed by atoms with E-state index in [-0.39, 0.29) is 48.1 Å². The first-order valence-corrected chi connectivity index (χ1v) is 14.0. The van der Waals surface area contributed by atoms with Crippen molar-refractivity contribution >= 4 is 34.2 Å². The van der Waals surface area contributed by atoms with Crippen LogP contribution in [0.4, 0.5) is 14.5 Å². The van der Waals surface area contributed by atoms with Gasteiger partial charge in [-0.1, -0.05) is 22.8 Å². The van der Waals surface area contributed by atoms with Gasteiger partial charge in [0.2, 0.25) is 0 Å². The number of hydrogen-bond acceptors (Lipinski definition) is 5. The van der Waals surface area contributed by atoms with Crippen LogP contribution in [0.2, 0.25) is 5.02 Å². The number of fused-ring (bicyclic) bond motifs is 1. The van der Waals surface area contributed by atoms with Crippen molar-refractivity contribution in [1.82, 2.24) is 9.72 Å². The predicted molar refractivity (Wildman–Crippen MR) is 148 cm³/mol. The zero-order valence-electron chi connectivity index (χ0n) is 22.1. The van der Waals surface area contributed by atoms with Crippen LogP contribution in [0.15, 0.2) is 47.1 Å². The normalized spacial score (nSPS) is 17.1. The molecule has 1 saturated heterocycles. The largest absolute Gasteiger partial charge is 0.478 e. The Morgan fingerprint density at radius 2 is 2.02 bits per heavy atom. The number of aromatic carboxylic acids is 1. The number of alkyl halides is 1. The number of carbonyl (C=O) groups is 1. The summed E-state index contributed by atoms with van der Waals surface area (Å²) < 4.78 is 43.9. The maximum absolute atomic E-state index is 15.8. The molecule has 3 heterocycles. The minimum absolute atomic E-state index is 0.0568. The molecule has 6 rings (SSSR count). The molecule has 0 unspecified atom stereocenters. The van der Waals surface area contributed by atoms with Crippen LogP contribution in [0.5, 0.6) is 0 Å². The van der Waals surface area contributed by atoms with E-state index < -0.39 is 17.5 Å². The first kappa shape index (κ1) is 26.8. The van der Waals surface area contributed by atoms with Crippen molar-refractivity contribution in [2.45, 2.75) is 57.3 Å². The monoisotopic (exact) mass is 569 g/mol. The molecule has 1 N–H and O–H groups in total. The van der Waals surface area contributed by atoms with Crippen molar-refractivity contribution in [1.29, 1.82) is 0 Å². The molecule has 2 aromatic heterocycles. The molecule has 0 atom stereocenters. The van der Waals surface area contributed by atoms with Crippen LogP contribution >= 0.6 is 11.6 Å². The lowest BCUT2D eigenvalue weighted by atomic mass is 9.93. The molecular formula is C30H30ClF2N3O4. The Kier molecular flexibility index (Phi) is 7.04. The summed E-state index contributed by atoms with van der Waals surface area (Å²) in [5.41, 5.74) is 1.67. The Labute approximate surface area is 235 Å². The van der Waals surface area contributed by atoms with E-state index in [1.54, 1.807) is 12.3 Å². The molecule has 7 nitrogen and oxygen atoms in total. The lowest BCUT2D eigenvalue weighted by Gasteiger charge is -2.37. The Bertz CT molecular complexity index is 1550. The molecule has 2 aromatic carbocycles. The number of carboxylic acid groups (broad SMARTS) is 1. The summed E-state index contributed by atoms with van der Waals surface area (Å²) in [7, 11) is 0. The molecule has 0 radical (unpaired) electrons. The van der Waals surface area contributed by atoms with Gasteiger partial charge in [-0.15, -0.1) is 0 Å². The molecule has 4 aromatic rings. The number of rotatable bonds is 9. The van der Waals surface area contributed by atoms with Crippen molar-refractivity contribution in [3.8, 4) is 11.3 Å². The van der Waals surface area contributed by atoms with E-state index in [0.29, 0.717) is 42.0 Å². The molecule has 2 fully saturated rings.